The molecule has 0 saturated carbocycles. The topological polar surface area (TPSA) is 75.6 Å². The third kappa shape index (κ3) is 4.28. The molecule has 0 spiro atoms. The number of amides is 1. The number of halogens is 2. The number of carbonyl (C=O) groups is 2. The van der Waals surface area contributed by atoms with Crippen molar-refractivity contribution in [2.24, 2.45) is 0 Å². The van der Waals surface area contributed by atoms with Gasteiger partial charge in [-0.15, -0.1) is 0 Å². The average Bonchev–Trinajstić information content (AvgIpc) is 2.30. The van der Waals surface area contributed by atoms with Crippen LogP contribution in [0.25, 0.3) is 0 Å². The molecule has 0 aromatic heterocycles. The lowest BCUT2D eigenvalue weighted by molar-refractivity contribution is -0.127. The summed E-state index contributed by atoms with van der Waals surface area (Å²) in [5, 5.41) is 12.0. The Balaban J connectivity index is 3.02. The Morgan fingerprint density at radius 1 is 1.25 bits per heavy atom. The van der Waals surface area contributed by atoms with Gasteiger partial charge in [0.05, 0.1) is 5.02 Å². The molecule has 1 rings (SSSR count). The van der Waals surface area contributed by atoms with Crippen molar-refractivity contribution in [1.82, 2.24) is 5.32 Å². The van der Waals surface area contributed by atoms with Gasteiger partial charge in [0.15, 0.2) is 11.9 Å². The molecule has 1 amide bonds. The van der Waals surface area contributed by atoms with Crippen molar-refractivity contribution in [3.8, 4) is 5.75 Å². The largest absolute Gasteiger partial charge is 0.478 e. The lowest BCUT2D eigenvalue weighted by atomic mass is 10.2. The van der Waals surface area contributed by atoms with Crippen LogP contribution in [0.15, 0.2) is 12.1 Å². The highest BCUT2D eigenvalue weighted by Crippen LogP contribution is 2.33. The normalized spacial score (nSPS) is 12.1. The number of rotatable bonds is 5. The van der Waals surface area contributed by atoms with E-state index in [-0.39, 0.29) is 33.3 Å². The van der Waals surface area contributed by atoms with Crippen molar-refractivity contribution >= 4 is 35.1 Å². The molecule has 0 bridgehead atoms. The van der Waals surface area contributed by atoms with Gasteiger partial charge in [0.2, 0.25) is 0 Å². The molecule has 2 N–H and O–H groups in total. The summed E-state index contributed by atoms with van der Waals surface area (Å²) in [7, 11) is 0. The van der Waals surface area contributed by atoms with E-state index in [4.69, 9.17) is 33.0 Å². The first-order chi connectivity index (χ1) is 9.22. The van der Waals surface area contributed by atoms with Crippen LogP contribution in [0.3, 0.4) is 0 Å². The Bertz CT molecular complexity index is 531. The zero-order valence-electron chi connectivity index (χ0n) is 11.2. The fraction of sp³-hybridized carbons (Fsp3) is 0.385. The number of hydrogen-bond acceptors (Lipinski definition) is 3. The zero-order chi connectivity index (χ0) is 15.4. The van der Waals surface area contributed by atoms with E-state index in [9.17, 15) is 9.59 Å². The van der Waals surface area contributed by atoms with Gasteiger partial charge >= 0.3 is 5.97 Å². The third-order valence-electron chi connectivity index (χ3n) is 2.33. The second-order valence-electron chi connectivity index (χ2n) is 4.49. The molecule has 1 unspecified atom stereocenters. The maximum absolute atomic E-state index is 11.8. The predicted octanol–water partition coefficient (Wildman–Crippen LogP) is 2.98. The number of benzene rings is 1. The number of nitrogens with one attached hydrogen (secondary N) is 1. The summed E-state index contributed by atoms with van der Waals surface area (Å²) in [6, 6.07) is 2.53. The van der Waals surface area contributed by atoms with Crippen molar-refractivity contribution in [2.45, 2.75) is 32.9 Å². The van der Waals surface area contributed by atoms with E-state index in [0.717, 1.165) is 0 Å². The number of ether oxygens (including phenoxy) is 1. The maximum atomic E-state index is 11.8. The average molecular weight is 320 g/mol. The molecule has 0 fully saturated rings. The summed E-state index contributed by atoms with van der Waals surface area (Å²) in [5.74, 6) is -1.67. The Morgan fingerprint density at radius 2 is 1.85 bits per heavy atom. The molecule has 7 heteroatoms. The zero-order valence-corrected chi connectivity index (χ0v) is 12.7. The molecule has 0 saturated heterocycles. The number of carbonyl (C=O) groups excluding carboxylic acids is 1. The van der Waals surface area contributed by atoms with E-state index >= 15 is 0 Å². The van der Waals surface area contributed by atoms with Crippen LogP contribution < -0.4 is 10.1 Å². The van der Waals surface area contributed by atoms with Crippen molar-refractivity contribution in [3.05, 3.63) is 27.7 Å². The highest BCUT2D eigenvalue weighted by Gasteiger charge is 2.22. The van der Waals surface area contributed by atoms with Gasteiger partial charge in [-0.25, -0.2) is 4.79 Å². The van der Waals surface area contributed by atoms with Gasteiger partial charge in [0.1, 0.15) is 5.56 Å². The Morgan fingerprint density at radius 3 is 2.35 bits per heavy atom. The molecule has 1 aromatic rings. The van der Waals surface area contributed by atoms with Crippen molar-refractivity contribution in [1.29, 1.82) is 0 Å². The Labute approximate surface area is 126 Å². The molecular formula is C13H15Cl2NO4. The van der Waals surface area contributed by atoms with Crippen LogP contribution in [0.5, 0.6) is 5.75 Å². The molecule has 20 heavy (non-hydrogen) atoms. The molecule has 0 radical (unpaired) electrons. The number of carboxylic acids is 1. The molecule has 110 valence electrons. The van der Waals surface area contributed by atoms with Gasteiger partial charge in [0.25, 0.3) is 5.91 Å². The van der Waals surface area contributed by atoms with Gasteiger partial charge in [0, 0.05) is 11.1 Å². The highest BCUT2D eigenvalue weighted by molar-refractivity contribution is 6.36. The first-order valence-electron chi connectivity index (χ1n) is 5.91. The van der Waals surface area contributed by atoms with E-state index in [1.54, 1.807) is 0 Å². The monoisotopic (exact) mass is 319 g/mol. The van der Waals surface area contributed by atoms with E-state index in [1.807, 2.05) is 13.8 Å². The van der Waals surface area contributed by atoms with Gasteiger partial charge in [-0.3, -0.25) is 4.79 Å². The molecule has 5 nitrogen and oxygen atoms in total. The van der Waals surface area contributed by atoms with Gasteiger partial charge < -0.3 is 15.2 Å². The molecule has 0 aliphatic rings. The van der Waals surface area contributed by atoms with Crippen LogP contribution in [-0.4, -0.2) is 29.1 Å². The molecule has 0 aliphatic heterocycles. The van der Waals surface area contributed by atoms with Crippen molar-refractivity contribution < 1.29 is 19.4 Å². The number of carboxylic acid groups (broad SMARTS) is 1. The summed E-state index contributed by atoms with van der Waals surface area (Å²) in [6.07, 6.45) is -0.880. The fourth-order valence-corrected chi connectivity index (χ4v) is 2.01. The van der Waals surface area contributed by atoms with Crippen molar-refractivity contribution in [3.63, 3.8) is 0 Å². The molecule has 0 aliphatic carbocycles. The first kappa shape index (κ1) is 16.6. The second-order valence-corrected chi connectivity index (χ2v) is 5.34. The maximum Gasteiger partial charge on any atom is 0.339 e. The van der Waals surface area contributed by atoms with E-state index in [2.05, 4.69) is 5.32 Å². The van der Waals surface area contributed by atoms with Crippen LogP contribution in [0, 0.1) is 0 Å². The van der Waals surface area contributed by atoms with Crippen LogP contribution in [0.4, 0.5) is 0 Å². The SMILES string of the molecule is CC(C)NC(=O)C(C)Oc1c(Cl)cc(Cl)cc1C(=O)O. The molecule has 1 atom stereocenters. The summed E-state index contributed by atoms with van der Waals surface area (Å²) in [5.41, 5.74) is -0.188. The third-order valence-corrected chi connectivity index (χ3v) is 2.83. The molecule has 0 heterocycles. The van der Waals surface area contributed by atoms with Gasteiger partial charge in [-0.2, -0.15) is 0 Å². The fourth-order valence-electron chi connectivity index (χ4n) is 1.47. The van der Waals surface area contributed by atoms with Crippen LogP contribution in [0.1, 0.15) is 31.1 Å². The van der Waals surface area contributed by atoms with Crippen LogP contribution >= 0.6 is 23.2 Å². The quantitative estimate of drug-likeness (QED) is 0.874. The summed E-state index contributed by atoms with van der Waals surface area (Å²) >= 11 is 11.7. The first-order valence-corrected chi connectivity index (χ1v) is 6.67. The number of aromatic carboxylic acids is 1. The lowest BCUT2D eigenvalue weighted by Gasteiger charge is -2.18. The summed E-state index contributed by atoms with van der Waals surface area (Å²) < 4.78 is 5.37. The Hall–Kier alpha value is -1.46. The van der Waals surface area contributed by atoms with Gasteiger partial charge in [-0.1, -0.05) is 23.2 Å². The summed E-state index contributed by atoms with van der Waals surface area (Å²) in [4.78, 5) is 22.9. The predicted molar refractivity (Wildman–Crippen MR) is 76.8 cm³/mol. The minimum Gasteiger partial charge on any atom is -0.478 e. The summed E-state index contributed by atoms with van der Waals surface area (Å²) in [6.45, 7) is 5.12. The van der Waals surface area contributed by atoms with E-state index in [1.165, 1.54) is 19.1 Å². The number of hydrogen-bond donors (Lipinski definition) is 2. The van der Waals surface area contributed by atoms with E-state index in [0.29, 0.717) is 0 Å². The molecule has 1 aromatic carbocycles. The van der Waals surface area contributed by atoms with Crippen LogP contribution in [-0.2, 0) is 4.79 Å². The molecular weight excluding hydrogens is 305 g/mol. The smallest absolute Gasteiger partial charge is 0.339 e. The minimum absolute atomic E-state index is 0.0408. The van der Waals surface area contributed by atoms with Gasteiger partial charge in [-0.05, 0) is 32.9 Å². The lowest BCUT2D eigenvalue weighted by Crippen LogP contribution is -2.40. The standard InChI is InChI=1S/C13H15Cl2NO4/c1-6(2)16-12(17)7(3)20-11-9(13(18)19)4-8(14)5-10(11)15/h4-7H,1-3H3,(H,16,17)(H,18,19). The Kier molecular flexibility index (Phi) is 5.65. The van der Waals surface area contributed by atoms with E-state index < -0.39 is 12.1 Å². The minimum atomic E-state index is -1.24. The highest BCUT2D eigenvalue weighted by atomic mass is 35.5. The second kappa shape index (κ2) is 6.81. The van der Waals surface area contributed by atoms with Crippen LogP contribution in [0.2, 0.25) is 10.0 Å². The van der Waals surface area contributed by atoms with Crippen molar-refractivity contribution in [2.75, 3.05) is 0 Å².